The van der Waals surface area contributed by atoms with Crippen molar-refractivity contribution in [1.82, 2.24) is 4.98 Å². The van der Waals surface area contributed by atoms with Gasteiger partial charge in [0.2, 0.25) is 5.88 Å². The van der Waals surface area contributed by atoms with Gasteiger partial charge in [0.15, 0.2) is 0 Å². The van der Waals surface area contributed by atoms with Crippen molar-refractivity contribution in [2.75, 3.05) is 12.4 Å². The lowest BCUT2D eigenvalue weighted by Gasteiger charge is -2.09. The van der Waals surface area contributed by atoms with E-state index in [0.717, 1.165) is 4.47 Å². The maximum atomic E-state index is 6.07. The number of aromatic nitrogens is 1. The number of nitrogens with one attached hydrogen (secondary N) is 1. The van der Waals surface area contributed by atoms with E-state index in [0.29, 0.717) is 27.5 Å². The van der Waals surface area contributed by atoms with E-state index in [4.69, 9.17) is 27.9 Å². The van der Waals surface area contributed by atoms with Gasteiger partial charge in [-0.1, -0.05) is 29.3 Å². The zero-order valence-corrected chi connectivity index (χ0v) is 12.5. The standard InChI is InChI=1S/C12H9BrCl2N2O/c1-16-11-3-2-4-12(17-11)18-10-6-8(14)7(13)5-9(10)15/h2-6H,1H3,(H,16,17). The van der Waals surface area contributed by atoms with Gasteiger partial charge in [-0.3, -0.25) is 0 Å². The fourth-order valence-electron chi connectivity index (χ4n) is 1.31. The number of nitrogens with zero attached hydrogens (tertiary/aromatic N) is 1. The topological polar surface area (TPSA) is 34.1 Å². The van der Waals surface area contributed by atoms with E-state index in [9.17, 15) is 0 Å². The summed E-state index contributed by atoms with van der Waals surface area (Å²) in [4.78, 5) is 4.23. The Bertz CT molecular complexity index is 578. The van der Waals surface area contributed by atoms with Crippen LogP contribution in [0.25, 0.3) is 0 Å². The first-order valence-electron chi connectivity index (χ1n) is 5.07. The average Bonchev–Trinajstić information content (AvgIpc) is 2.36. The second kappa shape index (κ2) is 5.78. The van der Waals surface area contributed by atoms with Crippen LogP contribution in [0.15, 0.2) is 34.8 Å². The molecule has 0 amide bonds. The summed E-state index contributed by atoms with van der Waals surface area (Å²) in [5.41, 5.74) is 0. The van der Waals surface area contributed by atoms with Gasteiger partial charge in [-0.25, -0.2) is 0 Å². The lowest BCUT2D eigenvalue weighted by molar-refractivity contribution is 0.464. The van der Waals surface area contributed by atoms with Crippen molar-refractivity contribution in [1.29, 1.82) is 0 Å². The fourth-order valence-corrected chi connectivity index (χ4v) is 2.14. The molecule has 2 aromatic rings. The number of pyridine rings is 1. The van der Waals surface area contributed by atoms with E-state index < -0.39 is 0 Å². The van der Waals surface area contributed by atoms with Gasteiger partial charge in [0.1, 0.15) is 11.6 Å². The summed E-state index contributed by atoms with van der Waals surface area (Å²) in [6.07, 6.45) is 0. The third-order valence-electron chi connectivity index (χ3n) is 2.17. The van der Waals surface area contributed by atoms with Crippen molar-refractivity contribution >= 4 is 44.9 Å². The van der Waals surface area contributed by atoms with Gasteiger partial charge in [0.05, 0.1) is 10.0 Å². The molecule has 94 valence electrons. The number of hydrogen-bond acceptors (Lipinski definition) is 3. The molecule has 0 saturated carbocycles. The molecule has 1 N–H and O–H groups in total. The van der Waals surface area contributed by atoms with Crippen molar-refractivity contribution in [3.8, 4) is 11.6 Å². The van der Waals surface area contributed by atoms with Crippen LogP contribution >= 0.6 is 39.1 Å². The summed E-state index contributed by atoms with van der Waals surface area (Å²) in [7, 11) is 1.79. The molecule has 0 fully saturated rings. The molecule has 1 aromatic carbocycles. The molecule has 18 heavy (non-hydrogen) atoms. The molecule has 3 nitrogen and oxygen atoms in total. The molecular weight excluding hydrogens is 339 g/mol. The predicted molar refractivity (Wildman–Crippen MR) is 78.0 cm³/mol. The Labute approximate surface area is 123 Å². The molecule has 0 saturated heterocycles. The lowest BCUT2D eigenvalue weighted by Crippen LogP contribution is -1.94. The summed E-state index contributed by atoms with van der Waals surface area (Å²) in [6.45, 7) is 0. The van der Waals surface area contributed by atoms with Gasteiger partial charge in [0.25, 0.3) is 0 Å². The van der Waals surface area contributed by atoms with Crippen LogP contribution in [0.2, 0.25) is 10.0 Å². The highest BCUT2D eigenvalue weighted by Crippen LogP contribution is 2.36. The molecule has 1 heterocycles. The first-order chi connectivity index (χ1) is 8.60. The number of ether oxygens (including phenoxy) is 1. The summed E-state index contributed by atoms with van der Waals surface area (Å²) in [5, 5.41) is 3.92. The summed E-state index contributed by atoms with van der Waals surface area (Å²) in [6, 6.07) is 8.74. The third kappa shape index (κ3) is 3.07. The number of rotatable bonds is 3. The highest BCUT2D eigenvalue weighted by Gasteiger charge is 2.08. The molecule has 0 aliphatic heterocycles. The highest BCUT2D eigenvalue weighted by molar-refractivity contribution is 9.10. The first-order valence-corrected chi connectivity index (χ1v) is 6.62. The Hall–Kier alpha value is -0.970. The molecule has 0 atom stereocenters. The smallest absolute Gasteiger partial charge is 0.221 e. The van der Waals surface area contributed by atoms with Crippen LogP contribution in [-0.4, -0.2) is 12.0 Å². The van der Waals surface area contributed by atoms with Crippen LogP contribution in [0.4, 0.5) is 5.82 Å². The largest absolute Gasteiger partial charge is 0.437 e. The van der Waals surface area contributed by atoms with Crippen LogP contribution in [-0.2, 0) is 0 Å². The molecule has 1 aromatic heterocycles. The predicted octanol–water partition coefficient (Wildman–Crippen LogP) is 4.98. The Morgan fingerprint density at radius 2 is 2.00 bits per heavy atom. The Balaban J connectivity index is 2.30. The van der Waals surface area contributed by atoms with E-state index in [2.05, 4.69) is 26.2 Å². The SMILES string of the molecule is CNc1cccc(Oc2cc(Cl)c(Br)cc2Cl)n1. The zero-order valence-electron chi connectivity index (χ0n) is 9.38. The van der Waals surface area contributed by atoms with Gasteiger partial charge < -0.3 is 10.1 Å². The Kier molecular flexibility index (Phi) is 4.32. The number of benzene rings is 1. The summed E-state index contributed by atoms with van der Waals surface area (Å²) in [5.74, 6) is 1.62. The van der Waals surface area contributed by atoms with Crippen LogP contribution in [0.3, 0.4) is 0 Å². The summed E-state index contributed by atoms with van der Waals surface area (Å²) >= 11 is 15.4. The molecule has 0 aliphatic carbocycles. The molecule has 0 bridgehead atoms. The van der Waals surface area contributed by atoms with Crippen LogP contribution in [0.5, 0.6) is 11.6 Å². The van der Waals surface area contributed by atoms with Crippen LogP contribution in [0.1, 0.15) is 0 Å². The Morgan fingerprint density at radius 1 is 1.22 bits per heavy atom. The van der Waals surface area contributed by atoms with Crippen molar-refractivity contribution < 1.29 is 4.74 Å². The van der Waals surface area contributed by atoms with E-state index in [1.807, 2.05) is 12.1 Å². The third-order valence-corrected chi connectivity index (χ3v) is 3.66. The fraction of sp³-hybridized carbons (Fsp3) is 0.0833. The molecular formula is C12H9BrCl2N2O. The van der Waals surface area contributed by atoms with Crippen LogP contribution < -0.4 is 10.1 Å². The zero-order chi connectivity index (χ0) is 13.1. The van der Waals surface area contributed by atoms with E-state index >= 15 is 0 Å². The minimum Gasteiger partial charge on any atom is -0.437 e. The first kappa shape index (κ1) is 13.5. The molecule has 0 radical (unpaired) electrons. The maximum Gasteiger partial charge on any atom is 0.221 e. The molecule has 0 aliphatic rings. The molecule has 0 unspecified atom stereocenters. The van der Waals surface area contributed by atoms with Gasteiger partial charge in [-0.15, -0.1) is 0 Å². The molecule has 2 rings (SSSR count). The maximum absolute atomic E-state index is 6.07. The molecule has 6 heteroatoms. The van der Waals surface area contributed by atoms with E-state index in [-0.39, 0.29) is 0 Å². The van der Waals surface area contributed by atoms with Crippen LogP contribution in [0, 0.1) is 0 Å². The normalized spacial score (nSPS) is 10.2. The van der Waals surface area contributed by atoms with E-state index in [1.165, 1.54) is 0 Å². The second-order valence-corrected chi connectivity index (χ2v) is 5.08. The quantitative estimate of drug-likeness (QED) is 0.794. The minimum atomic E-state index is 0.446. The van der Waals surface area contributed by atoms with Crippen molar-refractivity contribution in [2.24, 2.45) is 0 Å². The van der Waals surface area contributed by atoms with Gasteiger partial charge in [-0.2, -0.15) is 4.98 Å². The lowest BCUT2D eigenvalue weighted by atomic mass is 10.3. The average molecular weight is 348 g/mol. The number of halogens is 3. The van der Waals surface area contributed by atoms with Crippen molar-refractivity contribution in [2.45, 2.75) is 0 Å². The number of hydrogen-bond donors (Lipinski definition) is 1. The Morgan fingerprint density at radius 3 is 2.72 bits per heavy atom. The monoisotopic (exact) mass is 346 g/mol. The molecule has 0 spiro atoms. The van der Waals surface area contributed by atoms with Gasteiger partial charge in [0, 0.05) is 23.7 Å². The summed E-state index contributed by atoms with van der Waals surface area (Å²) < 4.78 is 6.32. The van der Waals surface area contributed by atoms with Gasteiger partial charge >= 0.3 is 0 Å². The number of anilines is 1. The minimum absolute atomic E-state index is 0.446. The van der Waals surface area contributed by atoms with Crippen molar-refractivity contribution in [3.05, 3.63) is 44.8 Å². The highest BCUT2D eigenvalue weighted by atomic mass is 79.9. The van der Waals surface area contributed by atoms with Gasteiger partial charge in [-0.05, 0) is 28.1 Å². The van der Waals surface area contributed by atoms with Crippen molar-refractivity contribution in [3.63, 3.8) is 0 Å². The van der Waals surface area contributed by atoms with E-state index in [1.54, 1.807) is 25.2 Å². The second-order valence-electron chi connectivity index (χ2n) is 3.41.